The van der Waals surface area contributed by atoms with E-state index in [9.17, 15) is 9.59 Å². The molecule has 0 bridgehead atoms. The van der Waals surface area contributed by atoms with Crippen molar-refractivity contribution >= 4 is 44.5 Å². The van der Waals surface area contributed by atoms with Gasteiger partial charge in [0, 0.05) is 17.1 Å². The quantitative estimate of drug-likeness (QED) is 0.540. The molecule has 136 valence electrons. The molecule has 2 aromatic rings. The summed E-state index contributed by atoms with van der Waals surface area (Å²) in [7, 11) is 0. The van der Waals surface area contributed by atoms with Crippen molar-refractivity contribution in [2.75, 3.05) is 5.75 Å². The molecule has 1 N–H and O–H groups in total. The van der Waals surface area contributed by atoms with Crippen molar-refractivity contribution in [3.63, 3.8) is 0 Å². The number of benzene rings is 1. The highest BCUT2D eigenvalue weighted by atomic mass is 79.9. The van der Waals surface area contributed by atoms with E-state index in [0.29, 0.717) is 28.5 Å². The van der Waals surface area contributed by atoms with Gasteiger partial charge in [-0.1, -0.05) is 48.5 Å². The second-order valence-electron chi connectivity index (χ2n) is 6.40. The average Bonchev–Trinajstić information content (AvgIpc) is 2.56. The summed E-state index contributed by atoms with van der Waals surface area (Å²) in [6, 6.07) is 5.60. The number of nitrogens with one attached hydrogen (secondary N) is 1. The summed E-state index contributed by atoms with van der Waals surface area (Å²) in [6.07, 6.45) is 0.825. The van der Waals surface area contributed by atoms with Crippen LogP contribution in [-0.4, -0.2) is 27.3 Å². The molecule has 1 heterocycles. The second kappa shape index (κ2) is 8.85. The number of thioether (sulfide) groups is 1. The van der Waals surface area contributed by atoms with Crippen LogP contribution < -0.4 is 10.9 Å². The monoisotopic (exact) mass is 425 g/mol. The SMILES string of the molecule is CCCn1c(SCC(=O)NC(C)C(C)C)nc2ccc(Br)cc2c1=O. The van der Waals surface area contributed by atoms with Gasteiger partial charge in [0.15, 0.2) is 5.16 Å². The fraction of sp³-hybridized carbons (Fsp3) is 0.500. The Hall–Kier alpha value is -1.34. The number of amides is 1. The van der Waals surface area contributed by atoms with Gasteiger partial charge in [0.2, 0.25) is 5.91 Å². The average molecular weight is 426 g/mol. The Balaban J connectivity index is 2.27. The number of hydrogen-bond acceptors (Lipinski definition) is 4. The summed E-state index contributed by atoms with van der Waals surface area (Å²) >= 11 is 4.71. The number of fused-ring (bicyclic) bond motifs is 1. The Labute approximate surface area is 160 Å². The van der Waals surface area contributed by atoms with E-state index in [4.69, 9.17) is 0 Å². The Morgan fingerprint density at radius 3 is 2.72 bits per heavy atom. The van der Waals surface area contributed by atoms with Crippen molar-refractivity contribution in [3.8, 4) is 0 Å². The van der Waals surface area contributed by atoms with Gasteiger partial charge in [0.05, 0.1) is 16.7 Å². The van der Waals surface area contributed by atoms with Gasteiger partial charge in [0.25, 0.3) is 5.56 Å². The standard InChI is InChI=1S/C18H24BrN3O2S/c1-5-8-22-17(24)14-9-13(19)6-7-15(14)21-18(22)25-10-16(23)20-12(4)11(2)3/h6-7,9,11-12H,5,8,10H2,1-4H3,(H,20,23). The van der Waals surface area contributed by atoms with Gasteiger partial charge in [0.1, 0.15) is 0 Å². The zero-order chi connectivity index (χ0) is 18.6. The lowest BCUT2D eigenvalue weighted by atomic mass is 10.1. The summed E-state index contributed by atoms with van der Waals surface area (Å²) in [5, 5.41) is 4.16. The molecule has 1 amide bonds. The van der Waals surface area contributed by atoms with Gasteiger partial charge in [-0.15, -0.1) is 0 Å². The van der Waals surface area contributed by atoms with Gasteiger partial charge in [-0.05, 0) is 37.5 Å². The first-order valence-corrected chi connectivity index (χ1v) is 10.2. The van der Waals surface area contributed by atoms with Gasteiger partial charge >= 0.3 is 0 Å². The molecule has 7 heteroatoms. The number of carbonyl (C=O) groups excluding carboxylic acids is 1. The van der Waals surface area contributed by atoms with Crippen LogP contribution in [-0.2, 0) is 11.3 Å². The van der Waals surface area contributed by atoms with Crippen molar-refractivity contribution < 1.29 is 4.79 Å². The highest BCUT2D eigenvalue weighted by Crippen LogP contribution is 2.21. The van der Waals surface area contributed by atoms with Crippen molar-refractivity contribution in [1.82, 2.24) is 14.9 Å². The van der Waals surface area contributed by atoms with Crippen molar-refractivity contribution in [1.29, 1.82) is 0 Å². The van der Waals surface area contributed by atoms with E-state index in [1.165, 1.54) is 11.8 Å². The normalized spacial score (nSPS) is 12.6. The minimum Gasteiger partial charge on any atom is -0.353 e. The molecule has 1 atom stereocenters. The van der Waals surface area contributed by atoms with Crippen LogP contribution in [0, 0.1) is 5.92 Å². The first-order chi connectivity index (χ1) is 11.8. The van der Waals surface area contributed by atoms with E-state index >= 15 is 0 Å². The van der Waals surface area contributed by atoms with Gasteiger partial charge < -0.3 is 5.32 Å². The molecule has 0 aliphatic carbocycles. The molecular formula is C18H24BrN3O2S. The molecule has 0 aliphatic heterocycles. The van der Waals surface area contributed by atoms with E-state index in [2.05, 4.69) is 40.1 Å². The molecule has 0 saturated heterocycles. The number of rotatable bonds is 7. The summed E-state index contributed by atoms with van der Waals surface area (Å²) in [5.74, 6) is 0.582. The van der Waals surface area contributed by atoms with E-state index in [1.54, 1.807) is 10.6 Å². The molecule has 5 nitrogen and oxygen atoms in total. The molecule has 0 spiro atoms. The number of carbonyl (C=O) groups is 1. The van der Waals surface area contributed by atoms with Gasteiger partial charge in [-0.25, -0.2) is 4.98 Å². The molecule has 0 aliphatic rings. The largest absolute Gasteiger partial charge is 0.353 e. The van der Waals surface area contributed by atoms with E-state index in [1.807, 2.05) is 26.0 Å². The van der Waals surface area contributed by atoms with Crippen LogP contribution in [0.4, 0.5) is 0 Å². The number of aromatic nitrogens is 2. The fourth-order valence-electron chi connectivity index (χ4n) is 2.30. The third-order valence-electron chi connectivity index (χ3n) is 4.05. The maximum atomic E-state index is 12.8. The highest BCUT2D eigenvalue weighted by Gasteiger charge is 2.15. The molecule has 2 rings (SSSR count). The minimum absolute atomic E-state index is 0.0422. The second-order valence-corrected chi connectivity index (χ2v) is 8.26. The molecule has 1 aromatic heterocycles. The smallest absolute Gasteiger partial charge is 0.262 e. The molecule has 0 radical (unpaired) electrons. The summed E-state index contributed by atoms with van der Waals surface area (Å²) in [4.78, 5) is 29.5. The summed E-state index contributed by atoms with van der Waals surface area (Å²) < 4.78 is 2.52. The lowest BCUT2D eigenvalue weighted by Crippen LogP contribution is -2.37. The van der Waals surface area contributed by atoms with E-state index in [0.717, 1.165) is 10.9 Å². The summed E-state index contributed by atoms with van der Waals surface area (Å²) in [5.41, 5.74) is 0.589. The van der Waals surface area contributed by atoms with Crippen LogP contribution in [0.2, 0.25) is 0 Å². The zero-order valence-corrected chi connectivity index (χ0v) is 17.4. The Morgan fingerprint density at radius 1 is 1.36 bits per heavy atom. The fourth-order valence-corrected chi connectivity index (χ4v) is 3.49. The Kier molecular flexibility index (Phi) is 7.07. The van der Waals surface area contributed by atoms with E-state index in [-0.39, 0.29) is 23.3 Å². The lowest BCUT2D eigenvalue weighted by Gasteiger charge is -2.17. The maximum Gasteiger partial charge on any atom is 0.262 e. The van der Waals surface area contributed by atoms with E-state index < -0.39 is 0 Å². The van der Waals surface area contributed by atoms with Gasteiger partial charge in [-0.3, -0.25) is 14.2 Å². The van der Waals surface area contributed by atoms with Crippen molar-refractivity contribution in [3.05, 3.63) is 33.0 Å². The Bertz CT molecular complexity index is 820. The summed E-state index contributed by atoms with van der Waals surface area (Å²) in [6.45, 7) is 8.73. The first-order valence-electron chi connectivity index (χ1n) is 8.45. The van der Waals surface area contributed by atoms with Crippen LogP contribution in [0.5, 0.6) is 0 Å². The topological polar surface area (TPSA) is 64.0 Å². The third kappa shape index (κ3) is 5.07. The Morgan fingerprint density at radius 2 is 2.08 bits per heavy atom. The molecule has 1 aromatic carbocycles. The number of nitrogens with zero attached hydrogens (tertiary/aromatic N) is 2. The predicted molar refractivity (Wildman–Crippen MR) is 107 cm³/mol. The molecule has 0 saturated carbocycles. The number of halogens is 1. The predicted octanol–water partition coefficient (Wildman–Crippen LogP) is 3.82. The molecule has 0 fully saturated rings. The molecule has 1 unspecified atom stereocenters. The van der Waals surface area contributed by atoms with Crippen molar-refractivity contribution in [2.45, 2.75) is 51.9 Å². The van der Waals surface area contributed by atoms with Crippen LogP contribution in [0.25, 0.3) is 10.9 Å². The van der Waals surface area contributed by atoms with Crippen LogP contribution >= 0.6 is 27.7 Å². The van der Waals surface area contributed by atoms with Crippen LogP contribution in [0.15, 0.2) is 32.6 Å². The van der Waals surface area contributed by atoms with Crippen LogP contribution in [0.1, 0.15) is 34.1 Å². The molecular weight excluding hydrogens is 402 g/mol. The lowest BCUT2D eigenvalue weighted by molar-refractivity contribution is -0.119. The van der Waals surface area contributed by atoms with Gasteiger partial charge in [-0.2, -0.15) is 0 Å². The molecule has 25 heavy (non-hydrogen) atoms. The minimum atomic E-state index is -0.0633. The highest BCUT2D eigenvalue weighted by molar-refractivity contribution is 9.10. The third-order valence-corrected chi connectivity index (χ3v) is 5.52. The zero-order valence-electron chi connectivity index (χ0n) is 15.0. The first kappa shape index (κ1) is 20.0. The maximum absolute atomic E-state index is 12.8. The van der Waals surface area contributed by atoms with Crippen molar-refractivity contribution in [2.24, 2.45) is 5.92 Å². The number of hydrogen-bond donors (Lipinski definition) is 1. The van der Waals surface area contributed by atoms with Crippen LogP contribution in [0.3, 0.4) is 0 Å².